The third-order valence-electron chi connectivity index (χ3n) is 3.78. The molecule has 2 atom stereocenters. The van der Waals surface area contributed by atoms with Crippen LogP contribution < -0.4 is 10.1 Å². The zero-order valence-electron chi connectivity index (χ0n) is 11.8. The minimum Gasteiger partial charge on any atom is -0.485 e. The summed E-state index contributed by atoms with van der Waals surface area (Å²) < 4.78 is 19.7. The molecule has 0 saturated carbocycles. The van der Waals surface area contributed by atoms with Gasteiger partial charge >= 0.3 is 0 Å². The van der Waals surface area contributed by atoms with Crippen molar-refractivity contribution < 1.29 is 9.13 Å². The molecule has 0 aromatic heterocycles. The second-order valence-electron chi connectivity index (χ2n) is 5.16. The molecule has 21 heavy (non-hydrogen) atoms. The van der Waals surface area contributed by atoms with Gasteiger partial charge in [0.25, 0.3) is 0 Å². The third kappa shape index (κ3) is 2.89. The van der Waals surface area contributed by atoms with Crippen LogP contribution in [0.5, 0.6) is 5.75 Å². The van der Waals surface area contributed by atoms with E-state index < -0.39 is 5.82 Å². The Labute approximate surface area is 128 Å². The van der Waals surface area contributed by atoms with Gasteiger partial charge in [0.15, 0.2) is 0 Å². The van der Waals surface area contributed by atoms with E-state index in [4.69, 9.17) is 16.3 Å². The van der Waals surface area contributed by atoms with Gasteiger partial charge in [0.1, 0.15) is 17.7 Å². The summed E-state index contributed by atoms with van der Waals surface area (Å²) in [4.78, 5) is 0. The van der Waals surface area contributed by atoms with E-state index in [-0.39, 0.29) is 17.2 Å². The van der Waals surface area contributed by atoms with Gasteiger partial charge in [-0.2, -0.15) is 0 Å². The molecule has 2 nitrogen and oxygen atoms in total. The smallest absolute Gasteiger partial charge is 0.142 e. The predicted octanol–water partition coefficient (Wildman–Crippen LogP) is 4.65. The lowest BCUT2D eigenvalue weighted by Gasteiger charge is -2.33. The quantitative estimate of drug-likeness (QED) is 0.891. The Morgan fingerprint density at radius 2 is 2.10 bits per heavy atom. The molecule has 2 unspecified atom stereocenters. The van der Waals surface area contributed by atoms with E-state index in [1.807, 2.05) is 24.3 Å². The van der Waals surface area contributed by atoms with Crippen LogP contribution in [0, 0.1) is 5.82 Å². The van der Waals surface area contributed by atoms with E-state index >= 15 is 0 Å². The van der Waals surface area contributed by atoms with Gasteiger partial charge in [0.05, 0.1) is 5.02 Å². The molecule has 2 aromatic rings. The van der Waals surface area contributed by atoms with Crippen LogP contribution in [0.3, 0.4) is 0 Å². The Balaban J connectivity index is 1.93. The Morgan fingerprint density at radius 3 is 2.86 bits per heavy atom. The molecule has 1 aliphatic rings. The molecule has 110 valence electrons. The lowest BCUT2D eigenvalue weighted by atomic mass is 9.93. The van der Waals surface area contributed by atoms with Crippen LogP contribution in [-0.2, 0) is 0 Å². The first-order chi connectivity index (χ1) is 10.2. The van der Waals surface area contributed by atoms with Gasteiger partial charge in [0, 0.05) is 18.0 Å². The predicted molar refractivity (Wildman–Crippen MR) is 82.3 cm³/mol. The largest absolute Gasteiger partial charge is 0.485 e. The molecule has 2 aromatic carbocycles. The highest BCUT2D eigenvalue weighted by atomic mass is 35.5. The topological polar surface area (TPSA) is 21.3 Å². The van der Waals surface area contributed by atoms with E-state index in [2.05, 4.69) is 18.3 Å². The molecule has 3 rings (SSSR count). The van der Waals surface area contributed by atoms with Crippen LogP contribution in [0.2, 0.25) is 5.02 Å². The molecule has 0 spiro atoms. The molecule has 0 bridgehead atoms. The van der Waals surface area contributed by atoms with Gasteiger partial charge in [0.2, 0.25) is 0 Å². The van der Waals surface area contributed by atoms with Crippen molar-refractivity contribution in [2.75, 3.05) is 6.54 Å². The first-order valence-corrected chi connectivity index (χ1v) is 7.50. The van der Waals surface area contributed by atoms with Crippen LogP contribution in [0.4, 0.5) is 4.39 Å². The summed E-state index contributed by atoms with van der Waals surface area (Å²) in [5, 5.41) is 3.60. The molecule has 4 heteroatoms. The van der Waals surface area contributed by atoms with E-state index in [9.17, 15) is 4.39 Å². The summed E-state index contributed by atoms with van der Waals surface area (Å²) in [6.45, 7) is 2.95. The average Bonchev–Trinajstić information content (AvgIpc) is 2.50. The highest BCUT2D eigenvalue weighted by molar-refractivity contribution is 6.30. The van der Waals surface area contributed by atoms with Crippen LogP contribution in [0.1, 0.15) is 36.6 Å². The van der Waals surface area contributed by atoms with Crippen LogP contribution in [0.25, 0.3) is 0 Å². The first-order valence-electron chi connectivity index (χ1n) is 7.13. The number of rotatable bonds is 3. The molecule has 1 N–H and O–H groups in total. The summed E-state index contributed by atoms with van der Waals surface area (Å²) >= 11 is 5.75. The number of hydrogen-bond acceptors (Lipinski definition) is 2. The van der Waals surface area contributed by atoms with Crippen molar-refractivity contribution in [1.29, 1.82) is 0 Å². The first kappa shape index (κ1) is 14.4. The van der Waals surface area contributed by atoms with E-state index in [1.165, 1.54) is 6.07 Å². The Morgan fingerprint density at radius 1 is 1.29 bits per heavy atom. The molecule has 1 heterocycles. The van der Waals surface area contributed by atoms with Crippen molar-refractivity contribution in [1.82, 2.24) is 5.32 Å². The van der Waals surface area contributed by atoms with E-state index in [1.54, 1.807) is 6.07 Å². The SMILES string of the molecule is CCNC1CC(c2ccc(Cl)c(F)c2)Oc2ccccc21. The lowest BCUT2D eigenvalue weighted by molar-refractivity contribution is 0.152. The van der Waals surface area contributed by atoms with E-state index in [0.29, 0.717) is 0 Å². The van der Waals surface area contributed by atoms with Crippen molar-refractivity contribution >= 4 is 11.6 Å². The standard InChI is InChI=1S/C17H17ClFNO/c1-2-20-15-10-17(11-7-8-13(18)14(19)9-11)21-16-6-4-3-5-12(15)16/h3-9,15,17,20H,2,10H2,1H3. The number of benzene rings is 2. The highest BCUT2D eigenvalue weighted by Gasteiger charge is 2.28. The number of nitrogens with one attached hydrogen (secondary N) is 1. The molecule has 0 saturated heterocycles. The fourth-order valence-corrected chi connectivity index (χ4v) is 2.89. The van der Waals surface area contributed by atoms with Gasteiger partial charge in [-0.25, -0.2) is 4.39 Å². The summed E-state index contributed by atoms with van der Waals surface area (Å²) in [7, 11) is 0. The summed E-state index contributed by atoms with van der Waals surface area (Å²) in [5.41, 5.74) is 1.97. The molecular formula is C17H17ClFNO. The van der Waals surface area contributed by atoms with Gasteiger partial charge in [-0.15, -0.1) is 0 Å². The Kier molecular flexibility index (Phi) is 4.13. The number of ether oxygens (including phenoxy) is 1. The van der Waals surface area contributed by atoms with Gasteiger partial charge in [-0.1, -0.05) is 42.8 Å². The van der Waals surface area contributed by atoms with Crippen molar-refractivity contribution in [2.24, 2.45) is 0 Å². The lowest BCUT2D eigenvalue weighted by Crippen LogP contribution is -2.29. The van der Waals surface area contributed by atoms with Crippen LogP contribution >= 0.6 is 11.6 Å². The Hall–Kier alpha value is -1.58. The zero-order chi connectivity index (χ0) is 14.8. The summed E-state index contributed by atoms with van der Waals surface area (Å²) in [5.74, 6) is 0.451. The maximum Gasteiger partial charge on any atom is 0.142 e. The molecule has 1 aliphatic heterocycles. The minimum atomic E-state index is -0.406. The van der Waals surface area contributed by atoms with Crippen LogP contribution in [0.15, 0.2) is 42.5 Å². The van der Waals surface area contributed by atoms with Crippen molar-refractivity contribution in [3.63, 3.8) is 0 Å². The minimum absolute atomic E-state index is 0.137. The van der Waals surface area contributed by atoms with Crippen LogP contribution in [-0.4, -0.2) is 6.54 Å². The molecule has 0 aliphatic carbocycles. The average molecular weight is 306 g/mol. The zero-order valence-corrected chi connectivity index (χ0v) is 12.5. The molecule has 0 radical (unpaired) electrons. The number of fused-ring (bicyclic) bond motifs is 1. The van der Waals surface area contributed by atoms with E-state index in [0.717, 1.165) is 29.8 Å². The normalized spacial score (nSPS) is 20.7. The third-order valence-corrected chi connectivity index (χ3v) is 4.09. The Bertz CT molecular complexity index is 646. The number of para-hydroxylation sites is 1. The van der Waals surface area contributed by atoms with Gasteiger partial charge in [-0.05, 0) is 30.3 Å². The highest BCUT2D eigenvalue weighted by Crippen LogP contribution is 2.40. The maximum absolute atomic E-state index is 13.7. The second-order valence-corrected chi connectivity index (χ2v) is 5.57. The molecule has 0 fully saturated rings. The number of halogens is 2. The molecule has 0 amide bonds. The van der Waals surface area contributed by atoms with Gasteiger partial charge < -0.3 is 10.1 Å². The summed E-state index contributed by atoms with van der Waals surface area (Å²) in [6, 6.07) is 13.1. The second kappa shape index (κ2) is 6.04. The van der Waals surface area contributed by atoms with Crippen molar-refractivity contribution in [3.8, 4) is 5.75 Å². The van der Waals surface area contributed by atoms with Crippen molar-refractivity contribution in [3.05, 3.63) is 64.4 Å². The molecular weight excluding hydrogens is 289 g/mol. The van der Waals surface area contributed by atoms with Crippen molar-refractivity contribution in [2.45, 2.75) is 25.5 Å². The fraction of sp³-hybridized carbons (Fsp3) is 0.294. The summed E-state index contributed by atoms with van der Waals surface area (Å²) in [6.07, 6.45) is 0.599. The fourth-order valence-electron chi connectivity index (χ4n) is 2.77. The maximum atomic E-state index is 13.7. The number of hydrogen-bond donors (Lipinski definition) is 1. The van der Waals surface area contributed by atoms with Gasteiger partial charge in [-0.3, -0.25) is 0 Å². The monoisotopic (exact) mass is 305 g/mol.